The van der Waals surface area contributed by atoms with E-state index in [1.807, 2.05) is 24.3 Å². The Morgan fingerprint density at radius 2 is 1.42 bits per heavy atom. The molecule has 2 N–H and O–H groups in total. The van der Waals surface area contributed by atoms with Crippen molar-refractivity contribution >= 4 is 12.3 Å². The summed E-state index contributed by atoms with van der Waals surface area (Å²) in [6.45, 7) is 1.96. The van der Waals surface area contributed by atoms with E-state index in [-0.39, 0.29) is 13.2 Å². The van der Waals surface area contributed by atoms with E-state index < -0.39 is 18.2 Å². The SMILES string of the molecule is CCCCCCCCCCCC#Cc1ccccc1CC(COC(=O)O)COC(=O)O. The second kappa shape index (κ2) is 17.0. The number of hydrogen-bond acceptors (Lipinski definition) is 4. The molecule has 0 bridgehead atoms. The maximum absolute atomic E-state index is 10.7. The number of rotatable bonds is 15. The normalized spacial score (nSPS) is 10.4. The summed E-state index contributed by atoms with van der Waals surface area (Å²) in [5.41, 5.74) is 1.80. The first-order valence-electron chi connectivity index (χ1n) is 11.3. The van der Waals surface area contributed by atoms with Gasteiger partial charge in [0, 0.05) is 17.9 Å². The molecule has 0 heterocycles. The predicted octanol–water partition coefficient (Wildman–Crippen LogP) is 6.51. The first kappa shape index (κ1) is 26.4. The van der Waals surface area contributed by atoms with Crippen LogP contribution < -0.4 is 0 Å². The van der Waals surface area contributed by atoms with E-state index in [4.69, 9.17) is 10.2 Å². The molecule has 6 heteroatoms. The standard InChI is InChI=1S/C25H36O6/c1-2-3-4-5-6-7-8-9-10-11-12-15-22-16-13-14-17-23(22)18-21(19-30-24(26)27)20-31-25(28)29/h13-14,16-17,21H,2-11,18-20H2,1H3,(H,26,27)(H,28,29). The summed E-state index contributed by atoms with van der Waals surface area (Å²) in [6, 6.07) is 7.62. The van der Waals surface area contributed by atoms with Crippen LogP contribution in [0.3, 0.4) is 0 Å². The van der Waals surface area contributed by atoms with Gasteiger partial charge in [0.2, 0.25) is 0 Å². The fraction of sp³-hybridized carbons (Fsp3) is 0.600. The molecule has 172 valence electrons. The van der Waals surface area contributed by atoms with Crippen molar-refractivity contribution in [2.75, 3.05) is 13.2 Å². The van der Waals surface area contributed by atoms with Crippen LogP contribution in [0.5, 0.6) is 0 Å². The molecule has 1 aromatic carbocycles. The van der Waals surface area contributed by atoms with Gasteiger partial charge in [0.05, 0.1) is 0 Å². The van der Waals surface area contributed by atoms with Crippen LogP contribution in [0.2, 0.25) is 0 Å². The Hall–Kier alpha value is -2.68. The van der Waals surface area contributed by atoms with E-state index in [1.165, 1.54) is 51.4 Å². The van der Waals surface area contributed by atoms with Gasteiger partial charge in [-0.05, 0) is 24.5 Å². The third-order valence-electron chi connectivity index (χ3n) is 5.04. The molecule has 1 rings (SSSR count). The minimum atomic E-state index is -1.39. The lowest BCUT2D eigenvalue weighted by Crippen LogP contribution is -2.22. The predicted molar refractivity (Wildman–Crippen MR) is 120 cm³/mol. The molecule has 31 heavy (non-hydrogen) atoms. The molecule has 0 radical (unpaired) electrons. The highest BCUT2D eigenvalue weighted by molar-refractivity contribution is 5.57. The topological polar surface area (TPSA) is 93.1 Å². The van der Waals surface area contributed by atoms with E-state index in [0.29, 0.717) is 6.42 Å². The fourth-order valence-electron chi connectivity index (χ4n) is 3.36. The Balaban J connectivity index is 2.47. The van der Waals surface area contributed by atoms with Crippen LogP contribution >= 0.6 is 0 Å². The quantitative estimate of drug-likeness (QED) is 0.186. The zero-order valence-electron chi connectivity index (χ0n) is 18.6. The minimum Gasteiger partial charge on any atom is -0.450 e. The maximum Gasteiger partial charge on any atom is 0.505 e. The van der Waals surface area contributed by atoms with E-state index in [2.05, 4.69) is 28.2 Å². The Bertz CT molecular complexity index is 685. The van der Waals surface area contributed by atoms with Crippen molar-refractivity contribution in [1.82, 2.24) is 0 Å². The van der Waals surface area contributed by atoms with Gasteiger partial charge in [-0.15, -0.1) is 0 Å². The van der Waals surface area contributed by atoms with Gasteiger partial charge < -0.3 is 19.7 Å². The van der Waals surface area contributed by atoms with Gasteiger partial charge in [-0.1, -0.05) is 88.3 Å². The summed E-state index contributed by atoms with van der Waals surface area (Å²) in [6.07, 6.45) is 10.00. The third-order valence-corrected chi connectivity index (χ3v) is 5.04. The molecule has 0 amide bonds. The number of benzene rings is 1. The van der Waals surface area contributed by atoms with Crippen LogP contribution in [0.4, 0.5) is 9.59 Å². The average Bonchev–Trinajstić information content (AvgIpc) is 2.74. The largest absolute Gasteiger partial charge is 0.505 e. The number of carboxylic acid groups (broad SMARTS) is 2. The van der Waals surface area contributed by atoms with E-state index in [0.717, 1.165) is 24.0 Å². The van der Waals surface area contributed by atoms with Gasteiger partial charge >= 0.3 is 12.3 Å². The number of hydrogen-bond donors (Lipinski definition) is 2. The summed E-state index contributed by atoms with van der Waals surface area (Å²) < 4.78 is 9.26. The molecule has 0 fully saturated rings. The molecule has 0 aliphatic rings. The number of ether oxygens (including phenoxy) is 2. The van der Waals surface area contributed by atoms with Crippen LogP contribution in [-0.4, -0.2) is 35.7 Å². The summed E-state index contributed by atoms with van der Waals surface area (Å²) in [4.78, 5) is 21.4. The monoisotopic (exact) mass is 432 g/mol. The highest BCUT2D eigenvalue weighted by atomic mass is 16.7. The van der Waals surface area contributed by atoms with E-state index in [1.54, 1.807) is 0 Å². The maximum atomic E-state index is 10.7. The Kier molecular flexibility index (Phi) is 14.5. The lowest BCUT2D eigenvalue weighted by atomic mass is 9.96. The molecule has 0 unspecified atom stereocenters. The summed E-state index contributed by atoms with van der Waals surface area (Å²) >= 11 is 0. The van der Waals surface area contributed by atoms with Gasteiger partial charge in [0.25, 0.3) is 0 Å². The summed E-state index contributed by atoms with van der Waals surface area (Å²) in [5, 5.41) is 17.5. The Labute approximate surface area is 186 Å². The van der Waals surface area contributed by atoms with E-state index >= 15 is 0 Å². The van der Waals surface area contributed by atoms with Crippen molar-refractivity contribution < 1.29 is 29.3 Å². The number of carbonyl (C=O) groups is 2. The minimum absolute atomic E-state index is 0.136. The molecule has 0 aromatic heterocycles. The van der Waals surface area contributed by atoms with Crippen molar-refractivity contribution in [2.24, 2.45) is 5.92 Å². The van der Waals surface area contributed by atoms with Crippen molar-refractivity contribution in [3.8, 4) is 11.8 Å². The van der Waals surface area contributed by atoms with Crippen LogP contribution in [-0.2, 0) is 15.9 Å². The van der Waals surface area contributed by atoms with Gasteiger partial charge in [-0.2, -0.15) is 0 Å². The smallest absolute Gasteiger partial charge is 0.450 e. The molecule has 0 spiro atoms. The molecule has 0 saturated carbocycles. The van der Waals surface area contributed by atoms with Crippen molar-refractivity contribution in [3.63, 3.8) is 0 Å². The van der Waals surface area contributed by atoms with E-state index in [9.17, 15) is 9.59 Å². The van der Waals surface area contributed by atoms with Gasteiger partial charge in [0.15, 0.2) is 0 Å². The molecule has 0 atom stereocenters. The molecular formula is C25H36O6. The van der Waals surface area contributed by atoms with Crippen molar-refractivity contribution in [1.29, 1.82) is 0 Å². The number of unbranched alkanes of at least 4 members (excludes halogenated alkanes) is 9. The average molecular weight is 433 g/mol. The summed E-state index contributed by atoms with van der Waals surface area (Å²) in [5.74, 6) is 6.03. The molecule has 6 nitrogen and oxygen atoms in total. The highest BCUT2D eigenvalue weighted by Gasteiger charge is 2.16. The van der Waals surface area contributed by atoms with Gasteiger partial charge in [0.1, 0.15) is 13.2 Å². The van der Waals surface area contributed by atoms with Crippen LogP contribution in [0.25, 0.3) is 0 Å². The van der Waals surface area contributed by atoms with Gasteiger partial charge in [-0.25, -0.2) is 9.59 Å². The van der Waals surface area contributed by atoms with Gasteiger partial charge in [-0.3, -0.25) is 0 Å². The van der Waals surface area contributed by atoms with Crippen molar-refractivity contribution in [2.45, 2.75) is 77.6 Å². The fourth-order valence-corrected chi connectivity index (χ4v) is 3.36. The lowest BCUT2D eigenvalue weighted by molar-refractivity contribution is 0.0437. The second-order valence-electron chi connectivity index (χ2n) is 7.76. The first-order valence-corrected chi connectivity index (χ1v) is 11.3. The van der Waals surface area contributed by atoms with Crippen LogP contribution in [0.15, 0.2) is 24.3 Å². The second-order valence-corrected chi connectivity index (χ2v) is 7.76. The first-order chi connectivity index (χ1) is 15.0. The van der Waals surface area contributed by atoms with Crippen molar-refractivity contribution in [3.05, 3.63) is 35.4 Å². The summed E-state index contributed by atoms with van der Waals surface area (Å²) in [7, 11) is 0. The molecular weight excluding hydrogens is 396 g/mol. The zero-order chi connectivity index (χ0) is 22.7. The Morgan fingerprint density at radius 1 is 0.871 bits per heavy atom. The Morgan fingerprint density at radius 3 is 2.00 bits per heavy atom. The molecule has 0 aliphatic carbocycles. The lowest BCUT2D eigenvalue weighted by Gasteiger charge is -2.16. The molecule has 0 aliphatic heterocycles. The highest BCUT2D eigenvalue weighted by Crippen LogP contribution is 2.15. The molecule has 1 aromatic rings. The third kappa shape index (κ3) is 14.0. The van der Waals surface area contributed by atoms with Crippen LogP contribution in [0, 0.1) is 17.8 Å². The zero-order valence-corrected chi connectivity index (χ0v) is 18.6. The molecule has 0 saturated heterocycles. The van der Waals surface area contributed by atoms with Crippen LogP contribution in [0.1, 0.15) is 82.3 Å².